The second-order valence-electron chi connectivity index (χ2n) is 7.46. The van der Waals surface area contributed by atoms with Gasteiger partial charge in [-0.05, 0) is 66.7 Å². The van der Waals surface area contributed by atoms with Crippen molar-refractivity contribution in [1.29, 1.82) is 0 Å². The van der Waals surface area contributed by atoms with Crippen LogP contribution >= 0.6 is 11.6 Å². The number of rotatable bonds is 7. The molecular weight excluding hydrogens is 432 g/mol. The summed E-state index contributed by atoms with van der Waals surface area (Å²) in [6.45, 7) is 0.513. The molecule has 4 nitrogen and oxygen atoms in total. The summed E-state index contributed by atoms with van der Waals surface area (Å²) in [4.78, 5) is 6.82. The number of anilines is 1. The van der Waals surface area contributed by atoms with E-state index in [0.717, 1.165) is 22.9 Å². The van der Waals surface area contributed by atoms with E-state index in [9.17, 15) is 8.78 Å². The van der Waals surface area contributed by atoms with Gasteiger partial charge in [-0.25, -0.2) is 13.8 Å². The van der Waals surface area contributed by atoms with Gasteiger partial charge in [-0.15, -0.1) is 0 Å². The number of hydrogen-bond acceptors (Lipinski definition) is 3. The lowest BCUT2D eigenvalue weighted by molar-refractivity contribution is 0.409. The highest BCUT2D eigenvalue weighted by Gasteiger charge is 2.15. The zero-order valence-electron chi connectivity index (χ0n) is 17.7. The maximum absolute atomic E-state index is 13.9. The van der Waals surface area contributed by atoms with E-state index in [4.69, 9.17) is 21.3 Å². The van der Waals surface area contributed by atoms with Crippen LogP contribution in [0.25, 0.3) is 5.69 Å². The predicted molar refractivity (Wildman–Crippen MR) is 123 cm³/mol. The van der Waals surface area contributed by atoms with Crippen LogP contribution in [0.4, 0.5) is 14.5 Å². The molecular formula is C25H22ClF2N3O. The van der Waals surface area contributed by atoms with Gasteiger partial charge in [-0.3, -0.25) is 0 Å². The lowest BCUT2D eigenvalue weighted by Crippen LogP contribution is -2.16. The third-order valence-corrected chi connectivity index (χ3v) is 5.44. The lowest BCUT2D eigenvalue weighted by atomic mass is 10.1. The monoisotopic (exact) mass is 453 g/mol. The molecule has 1 heterocycles. The summed E-state index contributed by atoms with van der Waals surface area (Å²) >= 11 is 6.06. The first-order chi connectivity index (χ1) is 15.4. The number of nitrogens with zero attached hydrogens (tertiary/aromatic N) is 3. The van der Waals surface area contributed by atoms with Crippen molar-refractivity contribution in [1.82, 2.24) is 9.55 Å². The molecule has 7 heteroatoms. The highest BCUT2D eigenvalue weighted by Crippen LogP contribution is 2.25. The number of benzene rings is 3. The Hall–Kier alpha value is -3.38. The van der Waals surface area contributed by atoms with E-state index in [0.29, 0.717) is 29.3 Å². The van der Waals surface area contributed by atoms with Crippen LogP contribution in [0.1, 0.15) is 17.1 Å². The summed E-state index contributed by atoms with van der Waals surface area (Å²) in [5.41, 5.74) is 3.28. The Kier molecular flexibility index (Phi) is 6.42. The molecule has 32 heavy (non-hydrogen) atoms. The molecule has 0 fully saturated rings. The SMILES string of the molecule is COc1ccc(F)cc1Cc1nc(CN(C)c2ccc(F)cc2)cn1-c1ccc(Cl)cc1. The van der Waals surface area contributed by atoms with Crippen LogP contribution in [0.15, 0.2) is 72.9 Å². The zero-order chi connectivity index (χ0) is 22.7. The first-order valence-corrected chi connectivity index (χ1v) is 10.4. The van der Waals surface area contributed by atoms with Crippen molar-refractivity contribution < 1.29 is 13.5 Å². The Morgan fingerprint density at radius 3 is 2.34 bits per heavy atom. The molecule has 0 saturated heterocycles. The third kappa shape index (κ3) is 4.92. The highest BCUT2D eigenvalue weighted by molar-refractivity contribution is 6.30. The first-order valence-electron chi connectivity index (χ1n) is 10.0. The van der Waals surface area contributed by atoms with Gasteiger partial charge in [-0.1, -0.05) is 11.6 Å². The Labute approximate surface area is 190 Å². The van der Waals surface area contributed by atoms with E-state index in [-0.39, 0.29) is 11.6 Å². The summed E-state index contributed by atoms with van der Waals surface area (Å²) in [6, 6.07) is 18.2. The van der Waals surface area contributed by atoms with Crippen molar-refractivity contribution in [3.8, 4) is 11.4 Å². The normalized spacial score (nSPS) is 10.9. The van der Waals surface area contributed by atoms with Gasteiger partial charge in [0.1, 0.15) is 23.2 Å². The number of hydrogen-bond donors (Lipinski definition) is 0. The Bertz CT molecular complexity index is 1210. The van der Waals surface area contributed by atoms with Gasteiger partial charge in [0.05, 0.1) is 19.3 Å². The van der Waals surface area contributed by atoms with E-state index in [1.807, 2.05) is 47.0 Å². The van der Waals surface area contributed by atoms with Gasteiger partial charge < -0.3 is 14.2 Å². The fourth-order valence-corrected chi connectivity index (χ4v) is 3.71. The molecule has 0 unspecified atom stereocenters. The van der Waals surface area contributed by atoms with Gasteiger partial charge in [0, 0.05) is 41.6 Å². The molecule has 164 valence electrons. The molecule has 0 amide bonds. The van der Waals surface area contributed by atoms with Crippen LogP contribution in [-0.2, 0) is 13.0 Å². The standard InChI is InChI=1S/C25H22ClF2N3O/c1-30(22-10-5-19(27)6-11-22)15-21-16-31(23-8-3-18(26)4-9-23)25(29-21)14-17-13-20(28)7-12-24(17)32-2/h3-13,16H,14-15H2,1-2H3. The molecule has 4 aromatic rings. The largest absolute Gasteiger partial charge is 0.496 e. The molecule has 0 radical (unpaired) electrons. The number of aromatic nitrogens is 2. The van der Waals surface area contributed by atoms with E-state index in [2.05, 4.69) is 0 Å². The maximum atomic E-state index is 13.9. The molecule has 0 N–H and O–H groups in total. The molecule has 0 spiro atoms. The second kappa shape index (κ2) is 9.40. The smallest absolute Gasteiger partial charge is 0.123 e. The fraction of sp³-hybridized carbons (Fsp3) is 0.160. The van der Waals surface area contributed by atoms with Gasteiger partial charge >= 0.3 is 0 Å². The predicted octanol–water partition coefficient (Wildman–Crippen LogP) is 6.04. The molecule has 0 aliphatic rings. The summed E-state index contributed by atoms with van der Waals surface area (Å²) in [7, 11) is 3.48. The maximum Gasteiger partial charge on any atom is 0.123 e. The van der Waals surface area contributed by atoms with Crippen molar-refractivity contribution >= 4 is 17.3 Å². The van der Waals surface area contributed by atoms with E-state index in [1.165, 1.54) is 24.3 Å². The van der Waals surface area contributed by atoms with E-state index >= 15 is 0 Å². The Morgan fingerprint density at radius 1 is 0.969 bits per heavy atom. The fourth-order valence-electron chi connectivity index (χ4n) is 3.58. The zero-order valence-corrected chi connectivity index (χ0v) is 18.5. The van der Waals surface area contributed by atoms with E-state index < -0.39 is 0 Å². The quantitative estimate of drug-likeness (QED) is 0.342. The van der Waals surface area contributed by atoms with Gasteiger partial charge in [-0.2, -0.15) is 0 Å². The first kappa shape index (κ1) is 21.8. The molecule has 0 saturated carbocycles. The average Bonchev–Trinajstić information content (AvgIpc) is 3.17. The topological polar surface area (TPSA) is 30.3 Å². The van der Waals surface area contributed by atoms with Gasteiger partial charge in [0.25, 0.3) is 0 Å². The van der Waals surface area contributed by atoms with Crippen molar-refractivity contribution in [2.75, 3.05) is 19.1 Å². The number of methoxy groups -OCH3 is 1. The van der Waals surface area contributed by atoms with Crippen molar-refractivity contribution in [3.63, 3.8) is 0 Å². The third-order valence-electron chi connectivity index (χ3n) is 5.19. The average molecular weight is 454 g/mol. The molecule has 1 aromatic heterocycles. The van der Waals surface area contributed by atoms with Gasteiger partial charge in [0.2, 0.25) is 0 Å². The number of halogens is 3. The number of ether oxygens (including phenoxy) is 1. The van der Waals surface area contributed by atoms with Crippen LogP contribution < -0.4 is 9.64 Å². The Morgan fingerprint density at radius 2 is 1.66 bits per heavy atom. The number of imidazole rings is 1. The minimum atomic E-state index is -0.332. The van der Waals surface area contributed by atoms with Crippen LogP contribution in [-0.4, -0.2) is 23.7 Å². The summed E-state index contributed by atoms with van der Waals surface area (Å²) in [5, 5.41) is 0.637. The van der Waals surface area contributed by atoms with Crippen LogP contribution in [0.2, 0.25) is 5.02 Å². The van der Waals surface area contributed by atoms with E-state index in [1.54, 1.807) is 25.3 Å². The van der Waals surface area contributed by atoms with Gasteiger partial charge in [0.15, 0.2) is 0 Å². The molecule has 0 aliphatic heterocycles. The van der Waals surface area contributed by atoms with Crippen LogP contribution in [0, 0.1) is 11.6 Å². The summed E-state index contributed by atoms with van der Waals surface area (Å²) in [5.74, 6) is 0.725. The van der Waals surface area contributed by atoms with Crippen LogP contribution in [0.5, 0.6) is 5.75 Å². The van der Waals surface area contributed by atoms with Crippen molar-refractivity contribution in [2.45, 2.75) is 13.0 Å². The second-order valence-corrected chi connectivity index (χ2v) is 7.90. The molecule has 0 atom stereocenters. The molecule has 0 bridgehead atoms. The molecule has 0 aliphatic carbocycles. The molecule has 3 aromatic carbocycles. The minimum absolute atomic E-state index is 0.277. The highest BCUT2D eigenvalue weighted by atomic mass is 35.5. The van der Waals surface area contributed by atoms with Crippen molar-refractivity contribution in [3.05, 3.63) is 107 Å². The van der Waals surface area contributed by atoms with Crippen LogP contribution in [0.3, 0.4) is 0 Å². The summed E-state index contributed by atoms with van der Waals surface area (Å²) < 4.78 is 34.6. The Balaban J connectivity index is 1.69. The summed E-state index contributed by atoms with van der Waals surface area (Å²) in [6.07, 6.45) is 2.33. The lowest BCUT2D eigenvalue weighted by Gasteiger charge is -2.17. The minimum Gasteiger partial charge on any atom is -0.496 e. The molecule has 4 rings (SSSR count). The van der Waals surface area contributed by atoms with Crippen molar-refractivity contribution in [2.24, 2.45) is 0 Å².